The van der Waals surface area contributed by atoms with E-state index in [1.54, 1.807) is 22.9 Å². The number of fused-ring (bicyclic) bond motifs is 2. The minimum absolute atomic E-state index is 0.0669. The molecule has 0 bridgehead atoms. The van der Waals surface area contributed by atoms with E-state index in [1.807, 2.05) is 12.1 Å². The maximum Gasteiger partial charge on any atom is 0.336 e. The first-order valence-corrected chi connectivity index (χ1v) is 10.6. The molecule has 0 spiro atoms. The fraction of sp³-hybridized carbons (Fsp3) is 0.318. The number of hydrogen-bond acceptors (Lipinski definition) is 9. The molecule has 2 aromatic carbocycles. The number of aromatic nitrogens is 4. The van der Waals surface area contributed by atoms with Crippen LogP contribution >= 0.6 is 0 Å². The Hall–Kier alpha value is -4.03. The van der Waals surface area contributed by atoms with E-state index in [9.17, 15) is 14.7 Å². The standard InChI is InChI=1S/C22H19N5O7/c28-21(12-3-1-2-4-13(12)22(29)30)23-14-8-31-19-15(9-32-18(14)19)27-20(24-25-26-27)11-5-6-16-17(7-11)34-10-33-16/h1-7,14-15,18-19H,8-10H2,(H,23,28)(H,29,30)/t14-,15-,18+,19+/m0/s1. The lowest BCUT2D eigenvalue weighted by Crippen LogP contribution is -2.44. The molecule has 1 aromatic heterocycles. The number of carboxylic acids is 1. The fourth-order valence-corrected chi connectivity index (χ4v) is 4.57. The lowest BCUT2D eigenvalue weighted by molar-refractivity contribution is 0.0613. The molecule has 0 aliphatic carbocycles. The first-order valence-electron chi connectivity index (χ1n) is 10.6. The van der Waals surface area contributed by atoms with E-state index in [2.05, 4.69) is 20.8 Å². The first kappa shape index (κ1) is 20.6. The van der Waals surface area contributed by atoms with Crippen molar-refractivity contribution in [3.8, 4) is 22.9 Å². The van der Waals surface area contributed by atoms with Gasteiger partial charge in [0.1, 0.15) is 18.2 Å². The largest absolute Gasteiger partial charge is 0.478 e. The van der Waals surface area contributed by atoms with E-state index >= 15 is 0 Å². The Morgan fingerprint density at radius 2 is 1.79 bits per heavy atom. The number of ether oxygens (including phenoxy) is 4. The summed E-state index contributed by atoms with van der Waals surface area (Å²) in [6.45, 7) is 0.673. The Morgan fingerprint density at radius 3 is 2.65 bits per heavy atom. The molecule has 34 heavy (non-hydrogen) atoms. The molecule has 2 fully saturated rings. The van der Waals surface area contributed by atoms with Crippen molar-refractivity contribution in [3.63, 3.8) is 0 Å². The Balaban J connectivity index is 1.20. The predicted molar refractivity (Wildman–Crippen MR) is 113 cm³/mol. The second-order valence-electron chi connectivity index (χ2n) is 8.11. The van der Waals surface area contributed by atoms with Gasteiger partial charge in [0.15, 0.2) is 17.3 Å². The van der Waals surface area contributed by atoms with Crippen LogP contribution < -0.4 is 14.8 Å². The summed E-state index contributed by atoms with van der Waals surface area (Å²) in [6.07, 6.45) is -0.823. The number of carboxylic acid groups (broad SMARTS) is 1. The number of aromatic carboxylic acids is 1. The maximum absolute atomic E-state index is 12.8. The van der Waals surface area contributed by atoms with Crippen molar-refractivity contribution < 1.29 is 33.6 Å². The van der Waals surface area contributed by atoms with E-state index in [4.69, 9.17) is 18.9 Å². The Bertz CT molecular complexity index is 1280. The molecule has 3 aromatic rings. The lowest BCUT2D eigenvalue weighted by atomic mass is 10.0. The molecule has 174 valence electrons. The summed E-state index contributed by atoms with van der Waals surface area (Å²) in [7, 11) is 0. The summed E-state index contributed by atoms with van der Waals surface area (Å²) in [4.78, 5) is 24.3. The SMILES string of the molecule is O=C(O)c1ccccc1C(=O)N[C@H]1CO[C@H]2[C@@H]1OC[C@@H]2n1nnnc1-c1ccc2c(c1)OCO2. The molecule has 3 aliphatic heterocycles. The smallest absolute Gasteiger partial charge is 0.336 e. The Labute approximate surface area is 192 Å². The van der Waals surface area contributed by atoms with E-state index in [1.165, 1.54) is 12.1 Å². The molecule has 0 radical (unpaired) electrons. The van der Waals surface area contributed by atoms with E-state index < -0.39 is 30.1 Å². The third-order valence-corrected chi connectivity index (χ3v) is 6.18. The van der Waals surface area contributed by atoms with Crippen molar-refractivity contribution >= 4 is 11.9 Å². The third-order valence-electron chi connectivity index (χ3n) is 6.18. The van der Waals surface area contributed by atoms with Gasteiger partial charge in [0, 0.05) is 5.56 Å². The summed E-state index contributed by atoms with van der Waals surface area (Å²) in [5.41, 5.74) is 0.770. The first-order chi connectivity index (χ1) is 16.6. The van der Waals surface area contributed by atoms with Crippen LogP contribution in [0, 0.1) is 0 Å². The van der Waals surface area contributed by atoms with Crippen molar-refractivity contribution in [2.75, 3.05) is 20.0 Å². The molecule has 1 amide bonds. The molecule has 2 saturated heterocycles. The monoisotopic (exact) mass is 465 g/mol. The summed E-state index contributed by atoms with van der Waals surface area (Å²) in [5.74, 6) is 0.142. The number of amides is 1. The summed E-state index contributed by atoms with van der Waals surface area (Å²) >= 11 is 0. The highest BCUT2D eigenvalue weighted by atomic mass is 16.7. The fourth-order valence-electron chi connectivity index (χ4n) is 4.57. The van der Waals surface area contributed by atoms with Gasteiger partial charge in [0.25, 0.3) is 5.91 Å². The van der Waals surface area contributed by atoms with Gasteiger partial charge in [0.2, 0.25) is 6.79 Å². The van der Waals surface area contributed by atoms with Gasteiger partial charge >= 0.3 is 5.97 Å². The Kier molecular flexibility index (Phi) is 4.89. The van der Waals surface area contributed by atoms with Gasteiger partial charge < -0.3 is 29.4 Å². The molecule has 3 aliphatic rings. The maximum atomic E-state index is 12.8. The zero-order valence-electron chi connectivity index (χ0n) is 17.7. The molecule has 12 nitrogen and oxygen atoms in total. The summed E-state index contributed by atoms with van der Waals surface area (Å²) < 4.78 is 24.5. The summed E-state index contributed by atoms with van der Waals surface area (Å²) in [6, 6.07) is 10.8. The van der Waals surface area contributed by atoms with Crippen molar-refractivity contribution in [2.45, 2.75) is 24.3 Å². The zero-order chi connectivity index (χ0) is 23.2. The van der Waals surface area contributed by atoms with Crippen LogP contribution in [0.15, 0.2) is 42.5 Å². The van der Waals surface area contributed by atoms with Crippen LogP contribution in [-0.2, 0) is 9.47 Å². The van der Waals surface area contributed by atoms with Crippen LogP contribution in [0.5, 0.6) is 11.5 Å². The highest BCUT2D eigenvalue weighted by Crippen LogP contribution is 2.38. The van der Waals surface area contributed by atoms with Crippen LogP contribution in [0.2, 0.25) is 0 Å². The number of carbonyl (C=O) groups excluding carboxylic acids is 1. The number of benzene rings is 2. The summed E-state index contributed by atoms with van der Waals surface area (Å²) in [5, 5.41) is 24.4. The number of nitrogens with one attached hydrogen (secondary N) is 1. The predicted octanol–water partition coefficient (Wildman–Crippen LogP) is 0.904. The molecule has 12 heteroatoms. The number of tetrazole rings is 1. The second-order valence-corrected chi connectivity index (χ2v) is 8.11. The van der Waals surface area contributed by atoms with E-state index in [0.717, 1.165) is 5.56 Å². The highest BCUT2D eigenvalue weighted by Gasteiger charge is 2.50. The molecule has 0 saturated carbocycles. The van der Waals surface area contributed by atoms with Crippen molar-refractivity contribution in [1.82, 2.24) is 25.5 Å². The average Bonchev–Trinajstić information content (AvgIpc) is 3.63. The molecule has 4 atom stereocenters. The number of rotatable bonds is 5. The molecule has 4 heterocycles. The van der Waals surface area contributed by atoms with Gasteiger partial charge in [-0.25, -0.2) is 9.48 Å². The molecule has 6 rings (SSSR count). The molecular formula is C22H19N5O7. The topological polar surface area (TPSA) is 147 Å². The van der Waals surface area contributed by atoms with Gasteiger partial charge in [-0.15, -0.1) is 5.10 Å². The van der Waals surface area contributed by atoms with Crippen LogP contribution in [0.25, 0.3) is 11.4 Å². The second kappa shape index (κ2) is 8.08. The highest BCUT2D eigenvalue weighted by molar-refractivity contribution is 6.04. The third kappa shape index (κ3) is 3.35. The number of nitrogens with zero attached hydrogens (tertiary/aromatic N) is 4. The van der Waals surface area contributed by atoms with Gasteiger partial charge in [-0.1, -0.05) is 12.1 Å². The van der Waals surface area contributed by atoms with Gasteiger partial charge in [-0.2, -0.15) is 0 Å². The minimum atomic E-state index is -1.17. The van der Waals surface area contributed by atoms with Crippen LogP contribution in [-0.4, -0.2) is 75.4 Å². The van der Waals surface area contributed by atoms with Gasteiger partial charge in [-0.3, -0.25) is 4.79 Å². The normalized spacial score (nSPS) is 24.7. The average molecular weight is 465 g/mol. The van der Waals surface area contributed by atoms with Crippen LogP contribution in [0.3, 0.4) is 0 Å². The van der Waals surface area contributed by atoms with Crippen molar-refractivity contribution in [3.05, 3.63) is 53.6 Å². The lowest BCUT2D eigenvalue weighted by Gasteiger charge is -2.18. The van der Waals surface area contributed by atoms with E-state index in [-0.39, 0.29) is 37.2 Å². The van der Waals surface area contributed by atoms with Gasteiger partial charge in [-0.05, 0) is 40.8 Å². The molecule has 0 unspecified atom stereocenters. The van der Waals surface area contributed by atoms with Crippen LogP contribution in [0.1, 0.15) is 26.8 Å². The Morgan fingerprint density at radius 1 is 1.00 bits per heavy atom. The van der Waals surface area contributed by atoms with Crippen molar-refractivity contribution in [1.29, 1.82) is 0 Å². The molecular weight excluding hydrogens is 446 g/mol. The number of hydrogen-bond donors (Lipinski definition) is 2. The molecule has 2 N–H and O–H groups in total. The van der Waals surface area contributed by atoms with Crippen molar-refractivity contribution in [2.24, 2.45) is 0 Å². The zero-order valence-corrected chi connectivity index (χ0v) is 17.7. The quantitative estimate of drug-likeness (QED) is 0.557. The van der Waals surface area contributed by atoms with Gasteiger partial charge in [0.05, 0.1) is 30.4 Å². The minimum Gasteiger partial charge on any atom is -0.478 e. The van der Waals surface area contributed by atoms with Crippen LogP contribution in [0.4, 0.5) is 0 Å². The number of carbonyl (C=O) groups is 2. The van der Waals surface area contributed by atoms with E-state index in [0.29, 0.717) is 17.3 Å².